The van der Waals surface area contributed by atoms with Gasteiger partial charge in [-0.25, -0.2) is 4.79 Å². The lowest BCUT2D eigenvalue weighted by Crippen LogP contribution is -2.04. The van der Waals surface area contributed by atoms with Crippen molar-refractivity contribution in [3.05, 3.63) is 53.1 Å². The molecule has 0 saturated carbocycles. The number of carboxylic acids is 1. The Morgan fingerprint density at radius 1 is 1.15 bits per heavy atom. The Morgan fingerprint density at radius 2 is 1.90 bits per heavy atom. The van der Waals surface area contributed by atoms with E-state index in [4.69, 9.17) is 16.7 Å². The van der Waals surface area contributed by atoms with Gasteiger partial charge < -0.3 is 9.84 Å². The molecule has 0 fully saturated rings. The van der Waals surface area contributed by atoms with Crippen molar-refractivity contribution in [2.75, 3.05) is 0 Å². The summed E-state index contributed by atoms with van der Waals surface area (Å²) in [5.41, 5.74) is 0.904. The first-order chi connectivity index (χ1) is 9.45. The SMILES string of the molecule is O=C(O)c1cc(OC(F)F)cc(-c2cccc(Cl)c2)c1. The monoisotopic (exact) mass is 298 g/mol. The molecule has 3 nitrogen and oxygen atoms in total. The first-order valence-electron chi connectivity index (χ1n) is 5.55. The molecule has 1 N–H and O–H groups in total. The molecular formula is C14H9ClF2O3. The molecule has 0 atom stereocenters. The van der Waals surface area contributed by atoms with Crippen LogP contribution in [0.5, 0.6) is 5.75 Å². The van der Waals surface area contributed by atoms with Gasteiger partial charge in [-0.05, 0) is 41.5 Å². The maximum Gasteiger partial charge on any atom is 0.387 e. The van der Waals surface area contributed by atoms with E-state index >= 15 is 0 Å². The lowest BCUT2D eigenvalue weighted by molar-refractivity contribution is -0.0498. The molecule has 0 amide bonds. The molecular weight excluding hydrogens is 290 g/mol. The molecule has 0 aliphatic rings. The predicted molar refractivity (Wildman–Crippen MR) is 70.5 cm³/mol. The highest BCUT2D eigenvalue weighted by molar-refractivity contribution is 6.30. The lowest BCUT2D eigenvalue weighted by Gasteiger charge is -2.09. The Morgan fingerprint density at radius 3 is 2.50 bits per heavy atom. The minimum atomic E-state index is -3.02. The molecule has 2 aromatic carbocycles. The summed E-state index contributed by atoms with van der Waals surface area (Å²) in [6, 6.07) is 10.4. The fourth-order valence-electron chi connectivity index (χ4n) is 1.73. The molecule has 104 valence electrons. The van der Waals surface area contributed by atoms with Gasteiger partial charge in [-0.2, -0.15) is 8.78 Å². The van der Waals surface area contributed by atoms with Crippen LogP contribution in [0.4, 0.5) is 8.78 Å². The van der Waals surface area contributed by atoms with Crippen LogP contribution in [0.15, 0.2) is 42.5 Å². The van der Waals surface area contributed by atoms with Crippen molar-refractivity contribution < 1.29 is 23.4 Å². The number of hydrogen-bond donors (Lipinski definition) is 1. The maximum absolute atomic E-state index is 12.3. The molecule has 0 spiro atoms. The Labute approximate surface area is 118 Å². The molecule has 0 radical (unpaired) electrons. The summed E-state index contributed by atoms with van der Waals surface area (Å²) in [4.78, 5) is 11.0. The minimum absolute atomic E-state index is 0.141. The first kappa shape index (κ1) is 14.3. The number of benzene rings is 2. The summed E-state index contributed by atoms with van der Waals surface area (Å²) in [6.07, 6.45) is 0. The number of halogens is 3. The van der Waals surface area contributed by atoms with E-state index in [9.17, 15) is 13.6 Å². The molecule has 0 saturated heterocycles. The zero-order valence-electron chi connectivity index (χ0n) is 10.0. The fraction of sp³-hybridized carbons (Fsp3) is 0.0714. The standard InChI is InChI=1S/C14H9ClF2O3/c15-11-3-1-2-8(5-11)9-4-10(13(18)19)7-12(6-9)20-14(16)17/h1-7,14H,(H,18,19). The molecule has 0 aliphatic heterocycles. The third-order valence-electron chi connectivity index (χ3n) is 2.54. The Balaban J connectivity index is 2.51. The average molecular weight is 299 g/mol. The highest BCUT2D eigenvalue weighted by Gasteiger charge is 2.12. The van der Waals surface area contributed by atoms with Crippen LogP contribution in [-0.4, -0.2) is 17.7 Å². The molecule has 6 heteroatoms. The second-order valence-corrected chi connectivity index (χ2v) is 4.38. The van der Waals surface area contributed by atoms with E-state index in [-0.39, 0.29) is 11.3 Å². The number of aromatic carboxylic acids is 1. The third-order valence-corrected chi connectivity index (χ3v) is 2.77. The van der Waals surface area contributed by atoms with Crippen molar-refractivity contribution in [3.8, 4) is 16.9 Å². The van der Waals surface area contributed by atoms with Crippen molar-refractivity contribution in [3.63, 3.8) is 0 Å². The third kappa shape index (κ3) is 3.45. The van der Waals surface area contributed by atoms with Crippen molar-refractivity contribution in [1.29, 1.82) is 0 Å². The van der Waals surface area contributed by atoms with Gasteiger partial charge in [0.2, 0.25) is 0 Å². The number of rotatable bonds is 4. The molecule has 0 heterocycles. The van der Waals surface area contributed by atoms with E-state index in [1.165, 1.54) is 12.1 Å². The molecule has 2 aromatic rings. The highest BCUT2D eigenvalue weighted by Crippen LogP contribution is 2.28. The van der Waals surface area contributed by atoms with E-state index in [0.29, 0.717) is 16.1 Å². The smallest absolute Gasteiger partial charge is 0.387 e. The first-order valence-corrected chi connectivity index (χ1v) is 5.92. The van der Waals surface area contributed by atoms with E-state index in [2.05, 4.69) is 4.74 Å². The van der Waals surface area contributed by atoms with E-state index in [1.54, 1.807) is 24.3 Å². The van der Waals surface area contributed by atoms with Gasteiger partial charge in [0.1, 0.15) is 5.75 Å². The Bertz CT molecular complexity index is 644. The zero-order chi connectivity index (χ0) is 14.7. The van der Waals surface area contributed by atoms with Crippen molar-refractivity contribution in [2.24, 2.45) is 0 Å². The largest absolute Gasteiger partial charge is 0.478 e. The lowest BCUT2D eigenvalue weighted by atomic mass is 10.0. The van der Waals surface area contributed by atoms with Gasteiger partial charge >= 0.3 is 12.6 Å². The Hall–Kier alpha value is -2.14. The molecule has 0 bridgehead atoms. The molecule has 0 unspecified atom stereocenters. The van der Waals surface area contributed by atoms with Crippen molar-refractivity contribution >= 4 is 17.6 Å². The second-order valence-electron chi connectivity index (χ2n) is 3.94. The zero-order valence-corrected chi connectivity index (χ0v) is 10.8. The maximum atomic E-state index is 12.3. The minimum Gasteiger partial charge on any atom is -0.478 e. The van der Waals surface area contributed by atoms with Crippen LogP contribution >= 0.6 is 11.6 Å². The number of ether oxygens (including phenoxy) is 1. The van der Waals surface area contributed by atoms with Crippen molar-refractivity contribution in [2.45, 2.75) is 6.61 Å². The molecule has 0 aromatic heterocycles. The van der Waals surface area contributed by atoms with Crippen LogP contribution in [0.1, 0.15) is 10.4 Å². The normalized spacial score (nSPS) is 10.6. The van der Waals surface area contributed by atoms with Gasteiger partial charge in [0, 0.05) is 5.02 Å². The van der Waals surface area contributed by atoms with Crippen LogP contribution in [0.3, 0.4) is 0 Å². The number of hydrogen-bond acceptors (Lipinski definition) is 2. The van der Waals surface area contributed by atoms with Crippen LogP contribution in [0, 0.1) is 0 Å². The van der Waals surface area contributed by atoms with Gasteiger partial charge in [0.15, 0.2) is 0 Å². The molecule has 2 rings (SSSR count). The predicted octanol–water partition coefficient (Wildman–Crippen LogP) is 4.31. The summed E-state index contributed by atoms with van der Waals surface area (Å²) in [5, 5.41) is 9.46. The highest BCUT2D eigenvalue weighted by atomic mass is 35.5. The van der Waals surface area contributed by atoms with Crippen LogP contribution in [0.25, 0.3) is 11.1 Å². The number of carboxylic acid groups (broad SMARTS) is 1. The van der Waals surface area contributed by atoms with E-state index < -0.39 is 12.6 Å². The van der Waals surface area contributed by atoms with Crippen LogP contribution in [0.2, 0.25) is 5.02 Å². The fourth-order valence-corrected chi connectivity index (χ4v) is 1.92. The molecule has 0 aliphatic carbocycles. The summed E-state index contributed by atoms with van der Waals surface area (Å²) >= 11 is 5.85. The number of carbonyl (C=O) groups is 1. The van der Waals surface area contributed by atoms with Gasteiger partial charge in [0.25, 0.3) is 0 Å². The number of alkyl halides is 2. The second kappa shape index (κ2) is 5.88. The average Bonchev–Trinajstić information content (AvgIpc) is 2.37. The van der Waals surface area contributed by atoms with E-state index in [1.807, 2.05) is 0 Å². The Kier molecular flexibility index (Phi) is 4.20. The van der Waals surface area contributed by atoms with Crippen molar-refractivity contribution in [1.82, 2.24) is 0 Å². The van der Waals surface area contributed by atoms with Gasteiger partial charge in [-0.1, -0.05) is 23.7 Å². The summed E-state index contributed by atoms with van der Waals surface area (Å²) in [5.74, 6) is -1.44. The summed E-state index contributed by atoms with van der Waals surface area (Å²) in [7, 11) is 0. The summed E-state index contributed by atoms with van der Waals surface area (Å²) < 4.78 is 28.8. The van der Waals surface area contributed by atoms with Crippen LogP contribution in [-0.2, 0) is 0 Å². The quantitative estimate of drug-likeness (QED) is 0.915. The summed E-state index contributed by atoms with van der Waals surface area (Å²) in [6.45, 7) is -3.02. The van der Waals surface area contributed by atoms with Gasteiger partial charge in [-0.3, -0.25) is 0 Å². The van der Waals surface area contributed by atoms with Crippen LogP contribution < -0.4 is 4.74 Å². The van der Waals surface area contributed by atoms with Gasteiger partial charge in [0.05, 0.1) is 5.56 Å². The van der Waals surface area contributed by atoms with E-state index in [0.717, 1.165) is 6.07 Å². The molecule has 20 heavy (non-hydrogen) atoms. The topological polar surface area (TPSA) is 46.5 Å². The van der Waals surface area contributed by atoms with Gasteiger partial charge in [-0.15, -0.1) is 0 Å².